The predicted octanol–water partition coefficient (Wildman–Crippen LogP) is 2.10. The number of benzene rings is 2. The molecule has 26 heavy (non-hydrogen) atoms. The van der Waals surface area contributed by atoms with E-state index in [2.05, 4.69) is 10.2 Å². The van der Waals surface area contributed by atoms with E-state index in [0.717, 1.165) is 10.4 Å². The molecule has 0 aliphatic carbocycles. The lowest BCUT2D eigenvalue weighted by Gasteiger charge is -2.21. The number of carbonyl (C=O) groups is 1. The van der Waals surface area contributed by atoms with Crippen LogP contribution >= 0.6 is 0 Å². The Labute approximate surface area is 148 Å². The second kappa shape index (κ2) is 7.75. The third-order valence-corrected chi connectivity index (χ3v) is 3.75. The van der Waals surface area contributed by atoms with Crippen LogP contribution in [0.4, 0.5) is 10.2 Å². The summed E-state index contributed by atoms with van der Waals surface area (Å²) in [4.78, 5) is 14.2. The van der Waals surface area contributed by atoms with E-state index in [9.17, 15) is 19.4 Å². The second-order valence-corrected chi connectivity index (χ2v) is 5.55. The highest BCUT2D eigenvalue weighted by Gasteiger charge is 2.24. The largest absolute Gasteiger partial charge is 0.476 e. The quantitative estimate of drug-likeness (QED) is 0.674. The molecule has 0 atom stereocenters. The Morgan fingerprint density at radius 3 is 2.42 bits per heavy atom. The van der Waals surface area contributed by atoms with E-state index in [1.807, 2.05) is 30.3 Å². The SMILES string of the molecule is O=C(O)c1nn(-c2ccccc2F)nc1N(CCO)Cc1ccccc1. The van der Waals surface area contributed by atoms with Crippen molar-refractivity contribution in [3.05, 3.63) is 71.7 Å². The number of halogens is 1. The van der Waals surface area contributed by atoms with Crippen molar-refractivity contribution in [2.75, 3.05) is 18.1 Å². The van der Waals surface area contributed by atoms with Gasteiger partial charge in [-0.05, 0) is 17.7 Å². The zero-order valence-electron chi connectivity index (χ0n) is 13.8. The molecule has 0 unspecified atom stereocenters. The highest BCUT2D eigenvalue weighted by molar-refractivity contribution is 5.91. The van der Waals surface area contributed by atoms with E-state index in [0.29, 0.717) is 6.54 Å². The monoisotopic (exact) mass is 356 g/mol. The van der Waals surface area contributed by atoms with Crippen molar-refractivity contribution in [1.29, 1.82) is 0 Å². The van der Waals surface area contributed by atoms with E-state index in [1.54, 1.807) is 11.0 Å². The van der Waals surface area contributed by atoms with Crippen LogP contribution in [0.2, 0.25) is 0 Å². The summed E-state index contributed by atoms with van der Waals surface area (Å²) in [6, 6.07) is 15.2. The lowest BCUT2D eigenvalue weighted by Crippen LogP contribution is -2.28. The van der Waals surface area contributed by atoms with Crippen LogP contribution in [0.5, 0.6) is 0 Å². The van der Waals surface area contributed by atoms with Crippen LogP contribution in [0, 0.1) is 5.82 Å². The third-order valence-electron chi connectivity index (χ3n) is 3.75. The first-order chi connectivity index (χ1) is 12.6. The summed E-state index contributed by atoms with van der Waals surface area (Å²) in [5.74, 6) is -1.78. The minimum absolute atomic E-state index is 0.0462. The van der Waals surface area contributed by atoms with Crippen molar-refractivity contribution >= 4 is 11.8 Å². The van der Waals surface area contributed by atoms with Gasteiger partial charge in [-0.1, -0.05) is 42.5 Å². The molecular weight excluding hydrogens is 339 g/mol. The van der Waals surface area contributed by atoms with Gasteiger partial charge in [0, 0.05) is 13.1 Å². The van der Waals surface area contributed by atoms with Gasteiger partial charge in [0.25, 0.3) is 0 Å². The maximum Gasteiger partial charge on any atom is 0.360 e. The zero-order chi connectivity index (χ0) is 18.5. The van der Waals surface area contributed by atoms with Crippen molar-refractivity contribution in [3.63, 3.8) is 0 Å². The van der Waals surface area contributed by atoms with Gasteiger partial charge in [0.15, 0.2) is 11.6 Å². The Kier molecular flexibility index (Phi) is 5.23. The molecule has 0 fully saturated rings. The van der Waals surface area contributed by atoms with Crippen LogP contribution in [-0.2, 0) is 6.54 Å². The van der Waals surface area contributed by atoms with Gasteiger partial charge in [0.1, 0.15) is 5.69 Å². The molecule has 7 nitrogen and oxygen atoms in total. The van der Waals surface area contributed by atoms with Gasteiger partial charge in [0.2, 0.25) is 5.69 Å². The van der Waals surface area contributed by atoms with E-state index < -0.39 is 11.8 Å². The first-order valence-electron chi connectivity index (χ1n) is 7.95. The topological polar surface area (TPSA) is 91.5 Å². The van der Waals surface area contributed by atoms with Gasteiger partial charge >= 0.3 is 5.97 Å². The number of aromatic carboxylic acids is 1. The maximum atomic E-state index is 14.0. The summed E-state index contributed by atoms with van der Waals surface area (Å²) in [5, 5.41) is 27.0. The standard InChI is InChI=1S/C18H17FN4O3/c19-14-8-4-5-9-15(14)23-20-16(18(25)26)17(21-23)22(10-11-24)12-13-6-2-1-3-7-13/h1-9,24H,10-12H2,(H,25,26). The van der Waals surface area contributed by atoms with Crippen LogP contribution in [0.25, 0.3) is 5.69 Å². The third kappa shape index (κ3) is 3.70. The van der Waals surface area contributed by atoms with E-state index in [4.69, 9.17) is 0 Å². The molecule has 0 spiro atoms. The summed E-state index contributed by atoms with van der Waals surface area (Å²) in [6.07, 6.45) is 0. The number of rotatable bonds is 7. The lowest BCUT2D eigenvalue weighted by atomic mass is 10.2. The number of para-hydroxylation sites is 1. The summed E-state index contributed by atoms with van der Waals surface area (Å²) < 4.78 is 14.0. The number of carboxylic acid groups (broad SMARTS) is 1. The lowest BCUT2D eigenvalue weighted by molar-refractivity contribution is 0.0690. The fourth-order valence-electron chi connectivity index (χ4n) is 2.56. The molecule has 1 heterocycles. The molecular formula is C18H17FN4O3. The second-order valence-electron chi connectivity index (χ2n) is 5.55. The molecule has 3 rings (SSSR count). The molecule has 2 N–H and O–H groups in total. The number of aromatic nitrogens is 3. The normalized spacial score (nSPS) is 10.7. The molecule has 2 aromatic carbocycles. The maximum absolute atomic E-state index is 14.0. The fraction of sp³-hybridized carbons (Fsp3) is 0.167. The Morgan fingerprint density at radius 1 is 1.08 bits per heavy atom. The highest BCUT2D eigenvalue weighted by atomic mass is 19.1. The number of hydrogen-bond acceptors (Lipinski definition) is 5. The molecule has 0 aliphatic heterocycles. The Bertz CT molecular complexity index is 898. The molecule has 0 amide bonds. The number of aliphatic hydroxyl groups is 1. The molecule has 0 bridgehead atoms. The van der Waals surface area contributed by atoms with Crippen LogP contribution in [0.1, 0.15) is 16.1 Å². The molecule has 0 radical (unpaired) electrons. The van der Waals surface area contributed by atoms with Crippen LogP contribution < -0.4 is 4.90 Å². The average molecular weight is 356 g/mol. The van der Waals surface area contributed by atoms with Crippen LogP contribution in [-0.4, -0.2) is 44.3 Å². The summed E-state index contributed by atoms with van der Waals surface area (Å²) in [5.41, 5.74) is 0.653. The minimum atomic E-state index is -1.28. The number of nitrogens with zero attached hydrogens (tertiary/aromatic N) is 4. The Morgan fingerprint density at radius 2 is 1.77 bits per heavy atom. The van der Waals surface area contributed by atoms with Gasteiger partial charge < -0.3 is 15.1 Å². The van der Waals surface area contributed by atoms with Crippen molar-refractivity contribution in [2.24, 2.45) is 0 Å². The fourth-order valence-corrected chi connectivity index (χ4v) is 2.56. The van der Waals surface area contributed by atoms with E-state index in [-0.39, 0.29) is 30.4 Å². The summed E-state index contributed by atoms with van der Waals surface area (Å²) in [6.45, 7) is 0.293. The zero-order valence-corrected chi connectivity index (χ0v) is 13.8. The van der Waals surface area contributed by atoms with Gasteiger partial charge in [-0.3, -0.25) is 0 Å². The van der Waals surface area contributed by atoms with Gasteiger partial charge in [-0.25, -0.2) is 9.18 Å². The summed E-state index contributed by atoms with van der Waals surface area (Å²) in [7, 11) is 0. The summed E-state index contributed by atoms with van der Waals surface area (Å²) >= 11 is 0. The highest BCUT2D eigenvalue weighted by Crippen LogP contribution is 2.21. The minimum Gasteiger partial charge on any atom is -0.476 e. The van der Waals surface area contributed by atoms with Gasteiger partial charge in [-0.2, -0.15) is 0 Å². The molecule has 3 aromatic rings. The predicted molar refractivity (Wildman–Crippen MR) is 92.9 cm³/mol. The van der Waals surface area contributed by atoms with Crippen LogP contribution in [0.15, 0.2) is 54.6 Å². The molecule has 1 aromatic heterocycles. The molecule has 0 saturated heterocycles. The number of anilines is 1. The van der Waals surface area contributed by atoms with Crippen molar-refractivity contribution in [1.82, 2.24) is 15.0 Å². The van der Waals surface area contributed by atoms with E-state index >= 15 is 0 Å². The number of aliphatic hydroxyl groups excluding tert-OH is 1. The Balaban J connectivity index is 2.03. The molecule has 134 valence electrons. The van der Waals surface area contributed by atoms with Crippen LogP contribution in [0.3, 0.4) is 0 Å². The number of carboxylic acids is 1. The van der Waals surface area contributed by atoms with Gasteiger partial charge in [0.05, 0.1) is 6.61 Å². The first-order valence-corrected chi connectivity index (χ1v) is 7.95. The molecule has 8 heteroatoms. The van der Waals surface area contributed by atoms with Crippen molar-refractivity contribution in [3.8, 4) is 5.69 Å². The number of hydrogen-bond donors (Lipinski definition) is 2. The molecule has 0 aliphatic rings. The van der Waals surface area contributed by atoms with Crippen molar-refractivity contribution in [2.45, 2.75) is 6.54 Å². The van der Waals surface area contributed by atoms with E-state index in [1.165, 1.54) is 18.2 Å². The van der Waals surface area contributed by atoms with Crippen molar-refractivity contribution < 1.29 is 19.4 Å². The average Bonchev–Trinajstić information content (AvgIpc) is 3.08. The van der Waals surface area contributed by atoms with Gasteiger partial charge in [-0.15, -0.1) is 15.0 Å². The first kappa shape index (κ1) is 17.6. The Hall–Kier alpha value is -3.26. The smallest absolute Gasteiger partial charge is 0.360 e. The molecule has 0 saturated carbocycles.